The normalized spacial score (nSPS) is 10.4. The van der Waals surface area contributed by atoms with E-state index in [0.29, 0.717) is 11.1 Å². The van der Waals surface area contributed by atoms with Gasteiger partial charge in [-0.25, -0.2) is 0 Å². The molecule has 2 aromatic carbocycles. The lowest BCUT2D eigenvalue weighted by Gasteiger charge is -2.06. The lowest BCUT2D eigenvalue weighted by atomic mass is 10.0. The van der Waals surface area contributed by atoms with Crippen molar-refractivity contribution >= 4 is 5.78 Å². The van der Waals surface area contributed by atoms with Gasteiger partial charge in [0.2, 0.25) is 0 Å². The summed E-state index contributed by atoms with van der Waals surface area (Å²) in [4.78, 5) is 12.0. The van der Waals surface area contributed by atoms with E-state index >= 15 is 0 Å². The Bertz CT molecular complexity index is 539. The molecule has 0 aromatic heterocycles. The maximum atomic E-state index is 12.1. The minimum Gasteiger partial charge on any atom is -0.435 e. The highest BCUT2D eigenvalue weighted by Gasteiger charge is 2.10. The molecule has 0 saturated carbocycles. The molecule has 2 aromatic rings. The quantitative estimate of drug-likeness (QED) is 0.774. The van der Waals surface area contributed by atoms with E-state index in [2.05, 4.69) is 4.74 Å². The Morgan fingerprint density at radius 2 is 1.61 bits per heavy atom. The first kappa shape index (κ1) is 12.2. The van der Waals surface area contributed by atoms with Crippen LogP contribution in [0.5, 0.6) is 5.75 Å². The van der Waals surface area contributed by atoms with E-state index in [0.717, 1.165) is 0 Å². The third kappa shape index (κ3) is 2.91. The number of ketones is 1. The van der Waals surface area contributed by atoms with Crippen LogP contribution >= 0.6 is 0 Å². The molecule has 18 heavy (non-hydrogen) atoms. The van der Waals surface area contributed by atoms with Gasteiger partial charge in [-0.15, -0.1) is 0 Å². The number of benzene rings is 2. The summed E-state index contributed by atoms with van der Waals surface area (Å²) in [6, 6.07) is 14.4. The van der Waals surface area contributed by atoms with Gasteiger partial charge < -0.3 is 4.74 Å². The minimum absolute atomic E-state index is 0.0215. The van der Waals surface area contributed by atoms with Gasteiger partial charge in [0.1, 0.15) is 5.75 Å². The van der Waals surface area contributed by atoms with Crippen LogP contribution in [0.25, 0.3) is 0 Å². The number of hydrogen-bond donors (Lipinski definition) is 0. The summed E-state index contributed by atoms with van der Waals surface area (Å²) in [5.74, 6) is -0.248. The van der Waals surface area contributed by atoms with E-state index in [-0.39, 0.29) is 11.5 Å². The van der Waals surface area contributed by atoms with E-state index in [1.807, 2.05) is 0 Å². The van der Waals surface area contributed by atoms with E-state index in [9.17, 15) is 13.6 Å². The highest BCUT2D eigenvalue weighted by atomic mass is 19.3. The van der Waals surface area contributed by atoms with Crippen molar-refractivity contribution in [2.45, 2.75) is 6.61 Å². The second-order valence-electron chi connectivity index (χ2n) is 3.60. The van der Waals surface area contributed by atoms with E-state index in [4.69, 9.17) is 0 Å². The molecular formula is C14H10F2O2. The number of alkyl halides is 2. The van der Waals surface area contributed by atoms with Crippen LogP contribution in [-0.2, 0) is 0 Å². The van der Waals surface area contributed by atoms with Crippen molar-refractivity contribution in [3.63, 3.8) is 0 Å². The van der Waals surface area contributed by atoms with Crippen LogP contribution < -0.4 is 4.74 Å². The lowest BCUT2D eigenvalue weighted by molar-refractivity contribution is -0.0498. The first-order valence-corrected chi connectivity index (χ1v) is 5.31. The summed E-state index contributed by atoms with van der Waals surface area (Å²) in [6.45, 7) is -2.90. The van der Waals surface area contributed by atoms with Crippen LogP contribution in [0.4, 0.5) is 8.78 Å². The van der Waals surface area contributed by atoms with E-state index < -0.39 is 6.61 Å². The van der Waals surface area contributed by atoms with Crippen molar-refractivity contribution < 1.29 is 18.3 Å². The lowest BCUT2D eigenvalue weighted by Crippen LogP contribution is -2.04. The third-order valence-corrected chi connectivity index (χ3v) is 2.36. The Kier molecular flexibility index (Phi) is 3.67. The molecule has 92 valence electrons. The van der Waals surface area contributed by atoms with E-state index in [1.54, 1.807) is 36.4 Å². The van der Waals surface area contributed by atoms with Crippen LogP contribution in [0.1, 0.15) is 15.9 Å². The minimum atomic E-state index is -2.90. The molecule has 0 spiro atoms. The zero-order chi connectivity index (χ0) is 13.0. The summed E-state index contributed by atoms with van der Waals surface area (Å²) in [5, 5.41) is 0. The monoisotopic (exact) mass is 248 g/mol. The average molecular weight is 248 g/mol. The van der Waals surface area contributed by atoms with Crippen LogP contribution in [0.15, 0.2) is 54.6 Å². The molecule has 0 aliphatic carbocycles. The maximum Gasteiger partial charge on any atom is 0.387 e. The summed E-state index contributed by atoms with van der Waals surface area (Å²) >= 11 is 0. The summed E-state index contributed by atoms with van der Waals surface area (Å²) in [5.41, 5.74) is 0.825. The molecule has 0 heterocycles. The summed E-state index contributed by atoms with van der Waals surface area (Å²) in [7, 11) is 0. The predicted molar refractivity (Wildman–Crippen MR) is 62.9 cm³/mol. The first-order chi connectivity index (χ1) is 8.66. The third-order valence-electron chi connectivity index (χ3n) is 2.36. The number of carbonyl (C=O) groups excluding carboxylic acids is 1. The fourth-order valence-electron chi connectivity index (χ4n) is 1.57. The molecule has 0 aliphatic rings. The van der Waals surface area contributed by atoms with Crippen molar-refractivity contribution in [3.05, 3.63) is 65.7 Å². The Hall–Kier alpha value is -2.23. The molecule has 4 heteroatoms. The van der Waals surface area contributed by atoms with Gasteiger partial charge in [0, 0.05) is 11.1 Å². The Morgan fingerprint density at radius 3 is 2.28 bits per heavy atom. The highest BCUT2D eigenvalue weighted by Crippen LogP contribution is 2.18. The highest BCUT2D eigenvalue weighted by molar-refractivity contribution is 6.09. The van der Waals surface area contributed by atoms with Crippen molar-refractivity contribution in [1.29, 1.82) is 0 Å². The van der Waals surface area contributed by atoms with Gasteiger partial charge in [0.25, 0.3) is 0 Å². The fraction of sp³-hybridized carbons (Fsp3) is 0.0714. The predicted octanol–water partition coefficient (Wildman–Crippen LogP) is 3.52. The fourth-order valence-corrected chi connectivity index (χ4v) is 1.57. The molecule has 0 saturated heterocycles. The molecule has 2 rings (SSSR count). The van der Waals surface area contributed by atoms with Crippen molar-refractivity contribution in [3.8, 4) is 5.75 Å². The standard InChI is InChI=1S/C14H10F2O2/c15-14(16)18-12-8-4-7-11(9-12)13(17)10-5-2-1-3-6-10/h1-9,14H. The summed E-state index contributed by atoms with van der Waals surface area (Å²) < 4.78 is 28.4. The number of hydrogen-bond acceptors (Lipinski definition) is 2. The molecule has 0 unspecified atom stereocenters. The molecule has 0 atom stereocenters. The molecule has 2 nitrogen and oxygen atoms in total. The summed E-state index contributed by atoms with van der Waals surface area (Å²) in [6.07, 6.45) is 0. The Balaban J connectivity index is 2.26. The molecule has 0 fully saturated rings. The van der Waals surface area contributed by atoms with Crippen LogP contribution in [0.3, 0.4) is 0 Å². The number of ether oxygens (including phenoxy) is 1. The van der Waals surface area contributed by atoms with Gasteiger partial charge in [0.15, 0.2) is 5.78 Å². The van der Waals surface area contributed by atoms with E-state index in [1.165, 1.54) is 18.2 Å². The zero-order valence-electron chi connectivity index (χ0n) is 9.35. The van der Waals surface area contributed by atoms with Gasteiger partial charge in [-0.1, -0.05) is 42.5 Å². The van der Waals surface area contributed by atoms with Gasteiger partial charge in [-0.2, -0.15) is 8.78 Å². The first-order valence-electron chi connectivity index (χ1n) is 5.31. The maximum absolute atomic E-state index is 12.1. The van der Waals surface area contributed by atoms with Crippen LogP contribution in [0, 0.1) is 0 Å². The topological polar surface area (TPSA) is 26.3 Å². The van der Waals surface area contributed by atoms with Crippen molar-refractivity contribution in [2.24, 2.45) is 0 Å². The largest absolute Gasteiger partial charge is 0.435 e. The molecule has 0 aliphatic heterocycles. The van der Waals surface area contributed by atoms with Gasteiger partial charge in [-0.05, 0) is 12.1 Å². The van der Waals surface area contributed by atoms with Crippen LogP contribution in [0.2, 0.25) is 0 Å². The van der Waals surface area contributed by atoms with Crippen molar-refractivity contribution in [1.82, 2.24) is 0 Å². The Morgan fingerprint density at radius 1 is 0.944 bits per heavy atom. The second-order valence-corrected chi connectivity index (χ2v) is 3.60. The van der Waals surface area contributed by atoms with Gasteiger partial charge >= 0.3 is 6.61 Å². The van der Waals surface area contributed by atoms with Crippen molar-refractivity contribution in [2.75, 3.05) is 0 Å². The molecule has 0 radical (unpaired) electrons. The zero-order valence-corrected chi connectivity index (χ0v) is 9.35. The molecular weight excluding hydrogens is 238 g/mol. The number of halogens is 2. The molecule has 0 bridgehead atoms. The smallest absolute Gasteiger partial charge is 0.387 e. The van der Waals surface area contributed by atoms with Gasteiger partial charge in [-0.3, -0.25) is 4.79 Å². The van der Waals surface area contributed by atoms with Crippen LogP contribution in [-0.4, -0.2) is 12.4 Å². The second kappa shape index (κ2) is 5.40. The number of rotatable bonds is 4. The molecule has 0 N–H and O–H groups in total. The van der Waals surface area contributed by atoms with Gasteiger partial charge in [0.05, 0.1) is 0 Å². The Labute approximate surface area is 103 Å². The molecule has 0 amide bonds. The number of carbonyl (C=O) groups is 1. The average Bonchev–Trinajstić information content (AvgIpc) is 2.38. The SMILES string of the molecule is O=C(c1ccccc1)c1cccc(OC(F)F)c1.